The van der Waals surface area contributed by atoms with Crippen molar-refractivity contribution in [2.24, 2.45) is 0 Å². The standard InChI is InChI=1S/C19H27N5O2/c1-13(2)24-11-10-23(12-16(24)19(26)20-3)18(25)9-8-17-21-14-6-4-5-7-15(14)22-17/h4-7,13,16H,8-12H2,1-3H3,(H,20,26)(H,21,22). The van der Waals surface area contributed by atoms with Gasteiger partial charge in [-0.05, 0) is 26.0 Å². The van der Waals surface area contributed by atoms with E-state index in [9.17, 15) is 9.59 Å². The van der Waals surface area contributed by atoms with Crippen molar-refractivity contribution >= 4 is 22.8 Å². The molecule has 7 heteroatoms. The Kier molecular flexibility index (Phi) is 5.56. The van der Waals surface area contributed by atoms with Crippen LogP contribution >= 0.6 is 0 Å². The fraction of sp³-hybridized carbons (Fsp3) is 0.526. The van der Waals surface area contributed by atoms with E-state index in [1.165, 1.54) is 0 Å². The number of para-hydroxylation sites is 2. The number of aromatic amines is 1. The molecule has 1 aromatic carbocycles. The van der Waals surface area contributed by atoms with E-state index in [4.69, 9.17) is 0 Å². The van der Waals surface area contributed by atoms with E-state index >= 15 is 0 Å². The lowest BCUT2D eigenvalue weighted by molar-refractivity contribution is -0.139. The zero-order valence-electron chi connectivity index (χ0n) is 15.7. The average molecular weight is 357 g/mol. The number of benzene rings is 1. The molecular formula is C19H27N5O2. The predicted molar refractivity (Wildman–Crippen MR) is 101 cm³/mol. The van der Waals surface area contributed by atoms with Gasteiger partial charge in [-0.3, -0.25) is 14.5 Å². The van der Waals surface area contributed by atoms with Gasteiger partial charge in [0, 0.05) is 45.6 Å². The lowest BCUT2D eigenvalue weighted by Crippen LogP contribution is -2.61. The number of carbonyl (C=O) groups excluding carboxylic acids is 2. The second kappa shape index (κ2) is 7.86. The van der Waals surface area contributed by atoms with Gasteiger partial charge in [-0.15, -0.1) is 0 Å². The maximum atomic E-state index is 12.7. The summed E-state index contributed by atoms with van der Waals surface area (Å²) in [7, 11) is 1.64. The lowest BCUT2D eigenvalue weighted by atomic mass is 10.1. The van der Waals surface area contributed by atoms with Gasteiger partial charge in [0.1, 0.15) is 11.9 Å². The molecule has 0 radical (unpaired) electrons. The van der Waals surface area contributed by atoms with Gasteiger partial charge in [0.05, 0.1) is 11.0 Å². The summed E-state index contributed by atoms with van der Waals surface area (Å²) in [5, 5.41) is 2.72. The number of fused-ring (bicyclic) bond motifs is 1. The molecule has 1 aliphatic heterocycles. The molecule has 0 aliphatic carbocycles. The van der Waals surface area contributed by atoms with Crippen LogP contribution in [-0.4, -0.2) is 70.3 Å². The molecule has 2 amide bonds. The first-order valence-corrected chi connectivity index (χ1v) is 9.18. The zero-order valence-corrected chi connectivity index (χ0v) is 15.7. The number of H-pyrrole nitrogens is 1. The summed E-state index contributed by atoms with van der Waals surface area (Å²) in [6.07, 6.45) is 0.963. The van der Waals surface area contributed by atoms with E-state index in [-0.39, 0.29) is 23.9 Å². The van der Waals surface area contributed by atoms with Gasteiger partial charge in [-0.1, -0.05) is 12.1 Å². The molecule has 140 valence electrons. The van der Waals surface area contributed by atoms with Gasteiger partial charge in [0.25, 0.3) is 0 Å². The number of hydrogen-bond donors (Lipinski definition) is 2. The van der Waals surface area contributed by atoms with Crippen molar-refractivity contribution in [1.82, 2.24) is 25.1 Å². The quantitative estimate of drug-likeness (QED) is 0.841. The summed E-state index contributed by atoms with van der Waals surface area (Å²) in [6.45, 7) is 5.97. The van der Waals surface area contributed by atoms with Crippen molar-refractivity contribution in [2.45, 2.75) is 38.8 Å². The molecule has 2 aromatic rings. The number of amides is 2. The van der Waals surface area contributed by atoms with Gasteiger partial charge in [-0.25, -0.2) is 4.98 Å². The Morgan fingerprint density at radius 1 is 1.31 bits per heavy atom. The van der Waals surface area contributed by atoms with Crippen molar-refractivity contribution in [3.05, 3.63) is 30.1 Å². The van der Waals surface area contributed by atoms with E-state index in [0.717, 1.165) is 16.9 Å². The Bertz CT molecular complexity index is 752. The Morgan fingerprint density at radius 2 is 2.08 bits per heavy atom. The highest BCUT2D eigenvalue weighted by Gasteiger charge is 2.34. The van der Waals surface area contributed by atoms with E-state index in [2.05, 4.69) is 34.0 Å². The first-order valence-electron chi connectivity index (χ1n) is 9.18. The van der Waals surface area contributed by atoms with Crippen LogP contribution in [0.5, 0.6) is 0 Å². The minimum absolute atomic E-state index is 0.0338. The van der Waals surface area contributed by atoms with Crippen molar-refractivity contribution < 1.29 is 9.59 Å². The molecule has 0 bridgehead atoms. The maximum absolute atomic E-state index is 12.7. The lowest BCUT2D eigenvalue weighted by Gasteiger charge is -2.42. The van der Waals surface area contributed by atoms with Crippen LogP contribution in [0, 0.1) is 0 Å². The van der Waals surface area contributed by atoms with Crippen LogP contribution in [0.1, 0.15) is 26.1 Å². The molecule has 1 atom stereocenters. The predicted octanol–water partition coefficient (Wildman–Crippen LogP) is 1.16. The number of piperazine rings is 1. The van der Waals surface area contributed by atoms with Crippen molar-refractivity contribution in [3.8, 4) is 0 Å². The average Bonchev–Trinajstić information content (AvgIpc) is 3.07. The van der Waals surface area contributed by atoms with Crippen LogP contribution in [0.15, 0.2) is 24.3 Å². The Hall–Kier alpha value is -2.41. The zero-order chi connectivity index (χ0) is 18.7. The molecule has 2 heterocycles. The van der Waals surface area contributed by atoms with E-state index in [1.807, 2.05) is 24.3 Å². The largest absolute Gasteiger partial charge is 0.358 e. The number of nitrogens with one attached hydrogen (secondary N) is 2. The topological polar surface area (TPSA) is 81.3 Å². The van der Waals surface area contributed by atoms with Gasteiger partial charge in [0.15, 0.2) is 0 Å². The molecule has 0 spiro atoms. The second-order valence-electron chi connectivity index (χ2n) is 7.00. The van der Waals surface area contributed by atoms with Crippen LogP contribution in [0.2, 0.25) is 0 Å². The molecule has 0 saturated carbocycles. The number of imidazole rings is 1. The monoisotopic (exact) mass is 357 g/mol. The van der Waals surface area contributed by atoms with Crippen LogP contribution in [0.4, 0.5) is 0 Å². The molecule has 3 rings (SSSR count). The highest BCUT2D eigenvalue weighted by Crippen LogP contribution is 2.16. The Balaban J connectivity index is 1.61. The van der Waals surface area contributed by atoms with Gasteiger partial charge in [-0.2, -0.15) is 0 Å². The number of aromatic nitrogens is 2. The maximum Gasteiger partial charge on any atom is 0.238 e. The summed E-state index contributed by atoms with van der Waals surface area (Å²) in [6, 6.07) is 7.82. The smallest absolute Gasteiger partial charge is 0.238 e. The molecule has 1 aromatic heterocycles. The Labute approximate surface area is 153 Å². The minimum atomic E-state index is -0.288. The van der Waals surface area contributed by atoms with Gasteiger partial charge >= 0.3 is 0 Å². The summed E-state index contributed by atoms with van der Waals surface area (Å²) in [5.74, 6) is 0.861. The molecule has 1 unspecified atom stereocenters. The highest BCUT2D eigenvalue weighted by molar-refractivity contribution is 5.84. The van der Waals surface area contributed by atoms with Crippen molar-refractivity contribution in [1.29, 1.82) is 0 Å². The number of carbonyl (C=O) groups is 2. The Morgan fingerprint density at radius 3 is 2.77 bits per heavy atom. The third-order valence-electron chi connectivity index (χ3n) is 5.00. The van der Waals surface area contributed by atoms with Gasteiger partial charge in [0.2, 0.25) is 11.8 Å². The first kappa shape index (κ1) is 18.4. The summed E-state index contributed by atoms with van der Waals surface area (Å²) in [5.41, 5.74) is 1.90. The fourth-order valence-corrected chi connectivity index (χ4v) is 3.55. The van der Waals surface area contributed by atoms with Crippen LogP contribution in [0.3, 0.4) is 0 Å². The molecule has 2 N–H and O–H groups in total. The molecule has 7 nitrogen and oxygen atoms in total. The summed E-state index contributed by atoms with van der Waals surface area (Å²) < 4.78 is 0. The van der Waals surface area contributed by atoms with Crippen LogP contribution in [-0.2, 0) is 16.0 Å². The molecule has 26 heavy (non-hydrogen) atoms. The van der Waals surface area contributed by atoms with E-state index in [0.29, 0.717) is 32.5 Å². The van der Waals surface area contributed by atoms with E-state index < -0.39 is 0 Å². The van der Waals surface area contributed by atoms with Gasteiger partial charge < -0.3 is 15.2 Å². The summed E-state index contributed by atoms with van der Waals surface area (Å²) in [4.78, 5) is 36.6. The number of aryl methyl sites for hydroxylation is 1. The number of nitrogens with zero attached hydrogens (tertiary/aromatic N) is 3. The molecule has 1 fully saturated rings. The van der Waals surface area contributed by atoms with Crippen molar-refractivity contribution in [3.63, 3.8) is 0 Å². The molecule has 1 aliphatic rings. The fourth-order valence-electron chi connectivity index (χ4n) is 3.55. The third-order valence-corrected chi connectivity index (χ3v) is 5.00. The molecule has 1 saturated heterocycles. The number of hydrogen-bond acceptors (Lipinski definition) is 4. The third kappa shape index (κ3) is 3.88. The summed E-state index contributed by atoms with van der Waals surface area (Å²) >= 11 is 0. The number of rotatable bonds is 5. The van der Waals surface area contributed by atoms with Crippen molar-refractivity contribution in [2.75, 3.05) is 26.7 Å². The number of likely N-dealkylation sites (N-methyl/N-ethyl adjacent to an activating group) is 1. The SMILES string of the molecule is CNC(=O)C1CN(C(=O)CCc2nc3ccccc3[nH]2)CCN1C(C)C. The van der Waals surface area contributed by atoms with E-state index in [1.54, 1.807) is 11.9 Å². The first-order chi connectivity index (χ1) is 12.5. The second-order valence-corrected chi connectivity index (χ2v) is 7.00. The normalized spacial score (nSPS) is 18.5. The van der Waals surface area contributed by atoms with Crippen LogP contribution < -0.4 is 5.32 Å². The minimum Gasteiger partial charge on any atom is -0.358 e. The highest BCUT2D eigenvalue weighted by atomic mass is 16.2. The molecular weight excluding hydrogens is 330 g/mol. The van der Waals surface area contributed by atoms with Crippen LogP contribution in [0.25, 0.3) is 11.0 Å².